The van der Waals surface area contributed by atoms with Gasteiger partial charge in [-0.15, -0.1) is 17.7 Å². The smallest absolute Gasteiger partial charge is 0.266 e. The lowest BCUT2D eigenvalue weighted by atomic mass is 10.3. The molecule has 2 heterocycles. The molecule has 1 aliphatic rings. The fourth-order valence-corrected chi connectivity index (χ4v) is 2.73. The minimum absolute atomic E-state index is 0.0690. The third-order valence-corrected chi connectivity index (χ3v) is 4.27. The molecule has 0 saturated heterocycles. The van der Waals surface area contributed by atoms with E-state index in [1.54, 1.807) is 24.6 Å². The fourth-order valence-electron chi connectivity index (χ4n) is 2.54. The zero-order chi connectivity index (χ0) is 17.6. The summed E-state index contributed by atoms with van der Waals surface area (Å²) in [6, 6.07) is 5.83. The van der Waals surface area contributed by atoms with E-state index < -0.39 is 4.92 Å². The van der Waals surface area contributed by atoms with Crippen molar-refractivity contribution in [3.05, 3.63) is 62.7 Å². The van der Waals surface area contributed by atoms with Gasteiger partial charge in [0, 0.05) is 12.1 Å². The van der Waals surface area contributed by atoms with Crippen LogP contribution in [0.1, 0.15) is 12.6 Å². The van der Waals surface area contributed by atoms with Gasteiger partial charge in [-0.25, -0.2) is 9.36 Å². The first-order chi connectivity index (χ1) is 11.3. The second kappa shape index (κ2) is 5.60. The van der Waals surface area contributed by atoms with E-state index in [0.717, 1.165) is 0 Å². The van der Waals surface area contributed by atoms with E-state index in [-0.39, 0.29) is 11.2 Å². The quantitative estimate of drug-likeness (QED) is 0.399. The molecule has 0 radical (unpaired) electrons. The number of nitrogens with zero attached hydrogens (tertiary/aromatic N) is 5. The molecule has 0 N–H and O–H groups in total. The van der Waals surface area contributed by atoms with Crippen molar-refractivity contribution in [2.75, 3.05) is 0 Å². The van der Waals surface area contributed by atoms with Crippen LogP contribution in [-0.4, -0.2) is 14.3 Å². The number of rotatable bonds is 3. The van der Waals surface area contributed by atoms with Crippen molar-refractivity contribution < 1.29 is 4.92 Å². The second-order valence-electron chi connectivity index (χ2n) is 5.22. The van der Waals surface area contributed by atoms with Gasteiger partial charge in [-0.05, 0) is 19.9 Å². The summed E-state index contributed by atoms with van der Waals surface area (Å²) in [5, 5.41) is 19.0. The van der Waals surface area contributed by atoms with Gasteiger partial charge in [-0.1, -0.05) is 12.6 Å². The van der Waals surface area contributed by atoms with Gasteiger partial charge in [0.2, 0.25) is 0 Å². The number of aromatic nitrogens is 2. The summed E-state index contributed by atoms with van der Waals surface area (Å²) in [5.74, 6) is 0. The maximum atomic E-state index is 12.2. The van der Waals surface area contributed by atoms with Crippen LogP contribution in [0.15, 0.2) is 56.5 Å². The van der Waals surface area contributed by atoms with E-state index in [4.69, 9.17) is 0 Å². The minimum atomic E-state index is -0.499. The Bertz CT molecular complexity index is 1010. The number of azo groups is 1. The monoisotopic (exact) mass is 343 g/mol. The van der Waals surface area contributed by atoms with Crippen LogP contribution in [0.2, 0.25) is 0 Å². The summed E-state index contributed by atoms with van der Waals surface area (Å²) in [7, 11) is 0. The second-order valence-corrected chi connectivity index (χ2v) is 5.67. The summed E-state index contributed by atoms with van der Waals surface area (Å²) in [6.07, 6.45) is 0. The molecule has 1 aliphatic heterocycles. The molecule has 0 fully saturated rings. The van der Waals surface area contributed by atoms with E-state index in [9.17, 15) is 14.9 Å². The molecule has 8 nitrogen and oxygen atoms in total. The van der Waals surface area contributed by atoms with Gasteiger partial charge in [0.05, 0.1) is 32.6 Å². The zero-order valence-corrected chi connectivity index (χ0v) is 13.8. The van der Waals surface area contributed by atoms with Crippen molar-refractivity contribution in [1.82, 2.24) is 9.36 Å². The number of nitro groups is 1. The van der Waals surface area contributed by atoms with Crippen LogP contribution in [0.4, 0.5) is 11.4 Å². The molecule has 9 heteroatoms. The summed E-state index contributed by atoms with van der Waals surface area (Å²) < 4.78 is 3.06. The van der Waals surface area contributed by atoms with Crippen LogP contribution < -0.4 is 5.56 Å². The molecule has 1 aromatic carbocycles. The van der Waals surface area contributed by atoms with Crippen LogP contribution in [0.3, 0.4) is 0 Å². The molecular formula is C15H13N5O3S. The van der Waals surface area contributed by atoms with Gasteiger partial charge in [-0.2, -0.15) is 5.11 Å². The molecule has 0 amide bonds. The Hall–Kier alpha value is -2.94. The number of thiol groups is 1. The van der Waals surface area contributed by atoms with E-state index in [1.165, 1.54) is 22.9 Å². The number of hydrogen-bond donors (Lipinski definition) is 1. The average molecular weight is 343 g/mol. The Kier molecular flexibility index (Phi) is 3.72. The lowest BCUT2D eigenvalue weighted by Gasteiger charge is -2.04. The van der Waals surface area contributed by atoms with Gasteiger partial charge in [0.15, 0.2) is 0 Å². The first-order valence-electron chi connectivity index (χ1n) is 6.93. The molecule has 2 aromatic rings. The van der Waals surface area contributed by atoms with Gasteiger partial charge in [-0.3, -0.25) is 14.9 Å². The number of fused-ring (bicyclic) bond motifs is 1. The van der Waals surface area contributed by atoms with Crippen molar-refractivity contribution in [2.45, 2.75) is 18.7 Å². The summed E-state index contributed by atoms with van der Waals surface area (Å²) in [5.41, 5.74) is 2.19. The standard InChI is InChI=1S/C15H13N5O3S/c1-8-13(9(2)19-15(21)14(24)10(3)18(8)19)17-16-11-5-4-6-12(7-11)20(22)23/h4-7,24H,1H2,2-3H3. The Morgan fingerprint density at radius 2 is 1.96 bits per heavy atom. The van der Waals surface area contributed by atoms with E-state index >= 15 is 0 Å². The number of non-ortho nitro benzene ring substituents is 1. The third kappa shape index (κ3) is 2.29. The van der Waals surface area contributed by atoms with E-state index in [2.05, 4.69) is 29.4 Å². The molecule has 1 aromatic heterocycles. The molecule has 122 valence electrons. The van der Waals surface area contributed by atoms with Crippen LogP contribution >= 0.6 is 12.6 Å². The Morgan fingerprint density at radius 1 is 1.25 bits per heavy atom. The minimum Gasteiger partial charge on any atom is -0.266 e. The molecule has 0 saturated carbocycles. The summed E-state index contributed by atoms with van der Waals surface area (Å²) >= 11 is 4.20. The molecule has 0 aliphatic carbocycles. The molecule has 24 heavy (non-hydrogen) atoms. The normalized spacial score (nSPS) is 13.9. The van der Waals surface area contributed by atoms with Gasteiger partial charge in [0.1, 0.15) is 5.70 Å². The predicted octanol–water partition coefficient (Wildman–Crippen LogP) is 3.61. The van der Waals surface area contributed by atoms with E-state index in [0.29, 0.717) is 33.4 Å². The van der Waals surface area contributed by atoms with Crippen LogP contribution in [-0.2, 0) is 0 Å². The topological polar surface area (TPSA) is 94.8 Å². The highest BCUT2D eigenvalue weighted by atomic mass is 32.1. The molecule has 0 bridgehead atoms. The first-order valence-corrected chi connectivity index (χ1v) is 7.38. The Morgan fingerprint density at radius 3 is 2.58 bits per heavy atom. The summed E-state index contributed by atoms with van der Waals surface area (Å²) in [6.45, 7) is 7.44. The zero-order valence-electron chi connectivity index (χ0n) is 12.9. The first kappa shape index (κ1) is 15.9. The fraction of sp³-hybridized carbons (Fsp3) is 0.133. The highest BCUT2D eigenvalue weighted by molar-refractivity contribution is 7.80. The molecule has 0 spiro atoms. The van der Waals surface area contributed by atoms with Crippen molar-refractivity contribution in [2.24, 2.45) is 10.2 Å². The largest absolute Gasteiger partial charge is 0.285 e. The highest BCUT2D eigenvalue weighted by Crippen LogP contribution is 2.33. The number of hydrogen-bond acceptors (Lipinski definition) is 6. The number of nitro benzene ring substituents is 1. The molecule has 3 rings (SSSR count). The lowest BCUT2D eigenvalue weighted by molar-refractivity contribution is -0.384. The molecular weight excluding hydrogens is 330 g/mol. The van der Waals surface area contributed by atoms with Gasteiger partial charge in [0.25, 0.3) is 11.2 Å². The van der Waals surface area contributed by atoms with Crippen LogP contribution in [0.5, 0.6) is 0 Å². The molecule has 0 atom stereocenters. The van der Waals surface area contributed by atoms with Gasteiger partial charge >= 0.3 is 0 Å². The predicted molar refractivity (Wildman–Crippen MR) is 92.5 cm³/mol. The van der Waals surface area contributed by atoms with Crippen molar-refractivity contribution in [1.29, 1.82) is 0 Å². The maximum Gasteiger partial charge on any atom is 0.285 e. The highest BCUT2D eigenvalue weighted by Gasteiger charge is 2.27. The van der Waals surface area contributed by atoms with Crippen LogP contribution in [0.25, 0.3) is 11.4 Å². The summed E-state index contributed by atoms with van der Waals surface area (Å²) in [4.78, 5) is 22.9. The van der Waals surface area contributed by atoms with Crippen molar-refractivity contribution in [3.63, 3.8) is 0 Å². The maximum absolute atomic E-state index is 12.2. The SMILES string of the molecule is C=C1C(N=Nc2cccc([N+](=O)[O-])c2)=C(C)n2c(=O)c(S)c(C)n21. The number of benzene rings is 1. The average Bonchev–Trinajstić information content (AvgIpc) is 2.94. The van der Waals surface area contributed by atoms with Crippen LogP contribution in [0, 0.1) is 17.0 Å². The number of allylic oxidation sites excluding steroid dienone is 2. The Labute approximate surface area is 142 Å². The third-order valence-electron chi connectivity index (χ3n) is 3.75. The van der Waals surface area contributed by atoms with Crippen molar-refractivity contribution in [3.8, 4) is 0 Å². The Balaban J connectivity index is 2.02. The van der Waals surface area contributed by atoms with Crippen molar-refractivity contribution >= 4 is 35.4 Å². The van der Waals surface area contributed by atoms with E-state index in [1.807, 2.05) is 0 Å². The molecule has 0 unspecified atom stereocenters. The van der Waals surface area contributed by atoms with Gasteiger partial charge < -0.3 is 0 Å². The lowest BCUT2D eigenvalue weighted by Crippen LogP contribution is -2.16.